The van der Waals surface area contributed by atoms with Gasteiger partial charge in [-0.3, -0.25) is 4.79 Å². The third-order valence-corrected chi connectivity index (χ3v) is 4.94. The smallest absolute Gasteiger partial charge is 0.332 e. The van der Waals surface area contributed by atoms with Gasteiger partial charge in [-0.05, 0) is 24.8 Å². The summed E-state index contributed by atoms with van der Waals surface area (Å²) in [6.45, 7) is 0. The number of nitrogens with one attached hydrogen (secondary N) is 1. The average Bonchev–Trinajstić information content (AvgIpc) is 3.21. The molecule has 154 valence electrons. The Kier molecular flexibility index (Phi) is 5.61. The van der Waals surface area contributed by atoms with E-state index < -0.39 is 46.8 Å². The highest BCUT2D eigenvalue weighted by Crippen LogP contribution is 2.46. The summed E-state index contributed by atoms with van der Waals surface area (Å²) in [6, 6.07) is 6.99. The van der Waals surface area contributed by atoms with E-state index in [1.165, 1.54) is 24.3 Å². The summed E-state index contributed by atoms with van der Waals surface area (Å²) in [4.78, 5) is 23.6. The number of carboxylic acids is 1. The van der Waals surface area contributed by atoms with Crippen LogP contribution in [0.3, 0.4) is 0 Å². The van der Waals surface area contributed by atoms with Gasteiger partial charge in [0.05, 0.1) is 0 Å². The highest BCUT2D eigenvalue weighted by Gasteiger charge is 2.54. The number of allylic oxidation sites excluding steroid dienone is 2. The molecule has 0 spiro atoms. The van der Waals surface area contributed by atoms with Gasteiger partial charge in [0.2, 0.25) is 0 Å². The molecular formula is C20H17F4NO4. The van der Waals surface area contributed by atoms with E-state index in [1.54, 1.807) is 11.4 Å². The first-order chi connectivity index (χ1) is 13.7. The quantitative estimate of drug-likeness (QED) is 0.721. The SMILES string of the molecule is COC1(F)C(NC(=O)C2=C(C(=O)O)CCC2)=C(F)C(F)=C(c2ccccc2)C1F. The van der Waals surface area contributed by atoms with Crippen molar-refractivity contribution in [3.63, 3.8) is 0 Å². The number of carbonyl (C=O) groups excluding carboxylic acids is 1. The largest absolute Gasteiger partial charge is 0.478 e. The molecule has 2 N–H and O–H groups in total. The number of hydrogen-bond donors (Lipinski definition) is 2. The van der Waals surface area contributed by atoms with Gasteiger partial charge in [0.1, 0.15) is 5.70 Å². The first-order valence-electron chi connectivity index (χ1n) is 8.72. The summed E-state index contributed by atoms with van der Waals surface area (Å²) in [6.07, 6.45) is -2.28. The van der Waals surface area contributed by atoms with Crippen LogP contribution in [0, 0.1) is 0 Å². The minimum atomic E-state index is -3.52. The second-order valence-corrected chi connectivity index (χ2v) is 6.56. The average molecular weight is 411 g/mol. The van der Waals surface area contributed by atoms with Crippen molar-refractivity contribution < 1.29 is 37.0 Å². The molecule has 0 aliphatic heterocycles. The van der Waals surface area contributed by atoms with Crippen LogP contribution in [0.5, 0.6) is 0 Å². The molecule has 0 saturated carbocycles. The Labute approximate surface area is 163 Å². The van der Waals surface area contributed by atoms with Gasteiger partial charge < -0.3 is 15.2 Å². The lowest BCUT2D eigenvalue weighted by Crippen LogP contribution is -2.49. The van der Waals surface area contributed by atoms with Crippen molar-refractivity contribution in [1.29, 1.82) is 0 Å². The van der Waals surface area contributed by atoms with Crippen LogP contribution in [0.4, 0.5) is 17.6 Å². The number of halogens is 4. The van der Waals surface area contributed by atoms with Crippen molar-refractivity contribution in [3.8, 4) is 0 Å². The first kappa shape index (κ1) is 20.8. The molecule has 0 bridgehead atoms. The summed E-state index contributed by atoms with van der Waals surface area (Å²) < 4.78 is 64.4. The number of rotatable bonds is 5. The van der Waals surface area contributed by atoms with E-state index in [2.05, 4.69) is 4.74 Å². The zero-order chi connectivity index (χ0) is 21.3. The molecular weight excluding hydrogens is 394 g/mol. The number of ether oxygens (including phenoxy) is 1. The molecule has 0 fully saturated rings. The predicted molar refractivity (Wildman–Crippen MR) is 95.0 cm³/mol. The van der Waals surface area contributed by atoms with E-state index in [0.717, 1.165) is 7.11 Å². The molecule has 0 saturated heterocycles. The number of methoxy groups -OCH3 is 1. The van der Waals surface area contributed by atoms with E-state index in [0.29, 0.717) is 6.42 Å². The van der Waals surface area contributed by atoms with Gasteiger partial charge in [0.25, 0.3) is 11.8 Å². The minimum Gasteiger partial charge on any atom is -0.478 e. The van der Waals surface area contributed by atoms with Crippen LogP contribution in [0.1, 0.15) is 24.8 Å². The fourth-order valence-electron chi connectivity index (χ4n) is 3.46. The number of aliphatic carboxylic acids is 1. The summed E-state index contributed by atoms with van der Waals surface area (Å²) >= 11 is 0. The summed E-state index contributed by atoms with van der Waals surface area (Å²) in [5.74, 6) is -9.52. The van der Waals surface area contributed by atoms with Crippen molar-refractivity contribution in [2.45, 2.75) is 31.3 Å². The van der Waals surface area contributed by atoms with E-state index >= 15 is 8.78 Å². The molecule has 3 rings (SSSR count). The van der Waals surface area contributed by atoms with E-state index in [-0.39, 0.29) is 29.6 Å². The maximum Gasteiger partial charge on any atom is 0.332 e. The molecule has 1 amide bonds. The van der Waals surface area contributed by atoms with Crippen LogP contribution in [0.15, 0.2) is 58.8 Å². The fraction of sp³-hybridized carbons (Fsp3) is 0.300. The first-order valence-corrected chi connectivity index (χ1v) is 8.72. The molecule has 0 heterocycles. The maximum absolute atomic E-state index is 15.4. The van der Waals surface area contributed by atoms with Gasteiger partial charge in [-0.25, -0.2) is 22.4 Å². The fourth-order valence-corrected chi connectivity index (χ4v) is 3.46. The lowest BCUT2D eigenvalue weighted by atomic mass is 9.88. The molecule has 2 unspecified atom stereocenters. The van der Waals surface area contributed by atoms with Crippen molar-refractivity contribution >= 4 is 17.4 Å². The van der Waals surface area contributed by atoms with Gasteiger partial charge in [0.15, 0.2) is 17.8 Å². The van der Waals surface area contributed by atoms with Gasteiger partial charge in [-0.15, -0.1) is 0 Å². The molecule has 1 aromatic rings. The molecule has 5 nitrogen and oxygen atoms in total. The number of hydrogen-bond acceptors (Lipinski definition) is 3. The van der Waals surface area contributed by atoms with Crippen LogP contribution in [0.25, 0.3) is 5.57 Å². The number of carboxylic acid groups (broad SMARTS) is 1. The van der Waals surface area contributed by atoms with Crippen LogP contribution in [-0.2, 0) is 14.3 Å². The molecule has 9 heteroatoms. The Morgan fingerprint density at radius 3 is 2.34 bits per heavy atom. The van der Waals surface area contributed by atoms with Gasteiger partial charge in [-0.2, -0.15) is 0 Å². The van der Waals surface area contributed by atoms with Crippen molar-refractivity contribution in [3.05, 3.63) is 64.4 Å². The third kappa shape index (κ3) is 3.46. The highest BCUT2D eigenvalue weighted by atomic mass is 19.2. The number of carbonyl (C=O) groups is 2. The Balaban J connectivity index is 2.08. The lowest BCUT2D eigenvalue weighted by molar-refractivity contribution is -0.137. The molecule has 29 heavy (non-hydrogen) atoms. The number of benzene rings is 1. The second kappa shape index (κ2) is 7.82. The van der Waals surface area contributed by atoms with Crippen LogP contribution < -0.4 is 5.32 Å². The molecule has 0 radical (unpaired) electrons. The number of alkyl halides is 2. The standard InChI is InChI=1S/C20H17F4NO4/c1-29-20(24)16(23)13(10-6-3-2-4-7-10)14(21)15(22)17(20)25-18(26)11-8-5-9-12(11)19(27)28/h2-4,6-7,16H,5,8-9H2,1H3,(H,25,26)(H,27,28). The topological polar surface area (TPSA) is 75.6 Å². The van der Waals surface area contributed by atoms with Crippen molar-refractivity contribution in [1.82, 2.24) is 5.32 Å². The molecule has 2 aliphatic rings. The van der Waals surface area contributed by atoms with Gasteiger partial charge >= 0.3 is 5.97 Å². The minimum absolute atomic E-state index is 0.0568. The summed E-state index contributed by atoms with van der Waals surface area (Å²) in [5.41, 5.74) is -2.77. The zero-order valence-corrected chi connectivity index (χ0v) is 15.3. The van der Waals surface area contributed by atoms with Crippen molar-refractivity contribution in [2.75, 3.05) is 7.11 Å². The van der Waals surface area contributed by atoms with Crippen LogP contribution in [0.2, 0.25) is 0 Å². The molecule has 2 atom stereocenters. The predicted octanol–water partition coefficient (Wildman–Crippen LogP) is 3.89. The lowest BCUT2D eigenvalue weighted by Gasteiger charge is -2.34. The normalized spacial score (nSPS) is 24.9. The van der Waals surface area contributed by atoms with Gasteiger partial charge in [-0.1, -0.05) is 30.3 Å². The van der Waals surface area contributed by atoms with Crippen LogP contribution >= 0.6 is 0 Å². The highest BCUT2D eigenvalue weighted by molar-refractivity contribution is 6.03. The maximum atomic E-state index is 15.4. The third-order valence-electron chi connectivity index (χ3n) is 4.94. The Hall–Kier alpha value is -2.94. The van der Waals surface area contributed by atoms with Crippen LogP contribution in [-0.4, -0.2) is 36.1 Å². The Morgan fingerprint density at radius 1 is 1.14 bits per heavy atom. The van der Waals surface area contributed by atoms with E-state index in [1.807, 2.05) is 0 Å². The number of amides is 1. The second-order valence-electron chi connectivity index (χ2n) is 6.56. The summed E-state index contributed by atoms with van der Waals surface area (Å²) in [5, 5.41) is 10.9. The van der Waals surface area contributed by atoms with Gasteiger partial charge in [0, 0.05) is 23.8 Å². The van der Waals surface area contributed by atoms with Crippen molar-refractivity contribution in [2.24, 2.45) is 0 Å². The molecule has 2 aliphatic carbocycles. The summed E-state index contributed by atoms with van der Waals surface area (Å²) in [7, 11) is 0.745. The Bertz CT molecular complexity index is 954. The zero-order valence-electron chi connectivity index (χ0n) is 15.3. The van der Waals surface area contributed by atoms with E-state index in [4.69, 9.17) is 5.11 Å². The monoisotopic (exact) mass is 411 g/mol. The molecule has 1 aromatic carbocycles. The van der Waals surface area contributed by atoms with E-state index in [9.17, 15) is 18.4 Å². The molecule has 0 aromatic heterocycles. The Morgan fingerprint density at radius 2 is 1.76 bits per heavy atom.